The molecule has 0 rings (SSSR count). The van der Waals surface area contributed by atoms with E-state index in [0.29, 0.717) is 6.04 Å². The van der Waals surface area contributed by atoms with Crippen molar-refractivity contribution < 1.29 is 18.9 Å². The van der Waals surface area contributed by atoms with E-state index >= 15 is 0 Å². The van der Waals surface area contributed by atoms with Gasteiger partial charge in [0.05, 0.1) is 0 Å². The minimum absolute atomic E-state index is 0. The number of rotatable bonds is 5. The van der Waals surface area contributed by atoms with E-state index in [2.05, 4.69) is 26.1 Å². The second-order valence-corrected chi connectivity index (χ2v) is 2.39. The van der Waals surface area contributed by atoms with Crippen LogP contribution in [0.3, 0.4) is 0 Å². The molecular formula is C9H18LiN. The summed E-state index contributed by atoms with van der Waals surface area (Å²) >= 11 is 0. The first kappa shape index (κ1) is 13.7. The van der Waals surface area contributed by atoms with Crippen molar-refractivity contribution in [2.24, 2.45) is 0 Å². The maximum atomic E-state index is 3.61. The summed E-state index contributed by atoms with van der Waals surface area (Å²) in [4.78, 5) is 0. The molecule has 1 nitrogen and oxygen atoms in total. The molecule has 0 amide bonds. The third kappa shape index (κ3) is 8.07. The van der Waals surface area contributed by atoms with Gasteiger partial charge in [0, 0.05) is 6.04 Å². The van der Waals surface area contributed by atoms with Crippen LogP contribution in [0.1, 0.15) is 26.7 Å². The molecule has 0 aromatic rings. The van der Waals surface area contributed by atoms with E-state index in [0.717, 1.165) is 6.54 Å². The summed E-state index contributed by atoms with van der Waals surface area (Å²) in [7, 11) is 0. The minimum atomic E-state index is 0. The average Bonchev–Trinajstić information content (AvgIpc) is 1.99. The van der Waals surface area contributed by atoms with Crippen LogP contribution in [-0.4, -0.2) is 12.6 Å². The maximum Gasteiger partial charge on any atom is 1.00 e. The summed E-state index contributed by atoms with van der Waals surface area (Å²) in [5.41, 5.74) is 0. The summed E-state index contributed by atoms with van der Waals surface area (Å²) in [6.45, 7) is 8.97. The first-order valence-electron chi connectivity index (χ1n) is 4.02. The molecule has 1 N–H and O–H groups in total. The number of hydrogen-bond donors (Lipinski definition) is 1. The molecule has 0 aliphatic heterocycles. The molecule has 0 saturated carbocycles. The molecule has 0 saturated heterocycles. The second-order valence-electron chi connectivity index (χ2n) is 2.39. The molecule has 0 aromatic heterocycles. The molecule has 0 aliphatic rings. The maximum absolute atomic E-state index is 3.61. The predicted molar refractivity (Wildman–Crippen MR) is 46.9 cm³/mol. The van der Waals surface area contributed by atoms with Crippen LogP contribution in [0, 0.1) is 6.92 Å². The molecular weight excluding hydrogens is 129 g/mol. The molecule has 11 heavy (non-hydrogen) atoms. The topological polar surface area (TPSA) is 12.0 Å². The molecule has 0 spiro atoms. The van der Waals surface area contributed by atoms with Crippen LogP contribution in [-0.2, 0) is 0 Å². The molecule has 0 heterocycles. The van der Waals surface area contributed by atoms with E-state index in [4.69, 9.17) is 0 Å². The van der Waals surface area contributed by atoms with Crippen molar-refractivity contribution in [3.63, 3.8) is 0 Å². The summed E-state index contributed by atoms with van der Waals surface area (Å²) in [5, 5.41) is 3.39. The van der Waals surface area contributed by atoms with E-state index in [1.807, 2.05) is 12.2 Å². The third-order valence-electron chi connectivity index (χ3n) is 1.68. The van der Waals surface area contributed by atoms with Crippen LogP contribution in [0.25, 0.3) is 0 Å². The van der Waals surface area contributed by atoms with Crippen LogP contribution in [0.5, 0.6) is 0 Å². The predicted octanol–water partition coefficient (Wildman–Crippen LogP) is -0.841. The Morgan fingerprint density at radius 3 is 2.27 bits per heavy atom. The van der Waals surface area contributed by atoms with Gasteiger partial charge in [0.15, 0.2) is 0 Å². The van der Waals surface area contributed by atoms with E-state index < -0.39 is 0 Å². The van der Waals surface area contributed by atoms with Crippen molar-refractivity contribution in [1.82, 2.24) is 5.32 Å². The Kier molecular flexibility index (Phi) is 12.7. The van der Waals surface area contributed by atoms with Crippen LogP contribution in [0.15, 0.2) is 12.2 Å². The van der Waals surface area contributed by atoms with E-state index in [9.17, 15) is 0 Å². The fraction of sp³-hybridized carbons (Fsp3) is 0.667. The van der Waals surface area contributed by atoms with Gasteiger partial charge in [0.25, 0.3) is 0 Å². The summed E-state index contributed by atoms with van der Waals surface area (Å²) in [6, 6.07) is 0.677. The van der Waals surface area contributed by atoms with Gasteiger partial charge in [-0.15, -0.1) is 0 Å². The molecule has 0 fully saturated rings. The van der Waals surface area contributed by atoms with Crippen molar-refractivity contribution in [3.8, 4) is 0 Å². The van der Waals surface area contributed by atoms with Gasteiger partial charge in [-0.25, -0.2) is 19.1 Å². The van der Waals surface area contributed by atoms with Crippen LogP contribution in [0.2, 0.25) is 0 Å². The van der Waals surface area contributed by atoms with Crippen molar-refractivity contribution in [2.75, 3.05) is 6.54 Å². The van der Waals surface area contributed by atoms with Crippen molar-refractivity contribution >= 4 is 0 Å². The zero-order valence-electron chi connectivity index (χ0n) is 8.06. The Labute approximate surface area is 82.8 Å². The first-order valence-corrected chi connectivity index (χ1v) is 4.02. The van der Waals surface area contributed by atoms with Crippen molar-refractivity contribution in [3.05, 3.63) is 19.1 Å². The van der Waals surface area contributed by atoms with Gasteiger partial charge in [-0.05, 0) is 12.8 Å². The minimum Gasteiger partial charge on any atom is -0.327 e. The second kappa shape index (κ2) is 10.2. The Morgan fingerprint density at radius 1 is 1.36 bits per heavy atom. The molecule has 0 unspecified atom stereocenters. The zero-order chi connectivity index (χ0) is 7.82. The quantitative estimate of drug-likeness (QED) is 0.395. The van der Waals surface area contributed by atoms with Gasteiger partial charge < -0.3 is 5.32 Å². The van der Waals surface area contributed by atoms with E-state index in [1.165, 1.54) is 12.8 Å². The van der Waals surface area contributed by atoms with Gasteiger partial charge in [0.1, 0.15) is 0 Å². The van der Waals surface area contributed by atoms with Crippen LogP contribution in [0.4, 0.5) is 0 Å². The van der Waals surface area contributed by atoms with E-state index in [1.54, 1.807) is 0 Å². The Balaban J connectivity index is 0. The fourth-order valence-electron chi connectivity index (χ4n) is 0.895. The van der Waals surface area contributed by atoms with Crippen LogP contribution < -0.4 is 24.2 Å². The SMILES string of the molecule is [CH2-]C=CCNC(CC)CC.[Li+]. The normalized spacial score (nSPS) is 10.5. The van der Waals surface area contributed by atoms with Gasteiger partial charge in [-0.1, -0.05) is 20.4 Å². The van der Waals surface area contributed by atoms with Crippen molar-refractivity contribution in [1.29, 1.82) is 0 Å². The summed E-state index contributed by atoms with van der Waals surface area (Å²) in [6.07, 6.45) is 6.29. The summed E-state index contributed by atoms with van der Waals surface area (Å²) < 4.78 is 0. The van der Waals surface area contributed by atoms with Gasteiger partial charge in [-0.3, -0.25) is 0 Å². The molecule has 0 bridgehead atoms. The number of hydrogen-bond acceptors (Lipinski definition) is 1. The Hall–Kier alpha value is 0.167. The average molecular weight is 147 g/mol. The Morgan fingerprint density at radius 2 is 1.91 bits per heavy atom. The van der Waals surface area contributed by atoms with Crippen molar-refractivity contribution in [2.45, 2.75) is 32.7 Å². The molecule has 0 aromatic carbocycles. The monoisotopic (exact) mass is 147 g/mol. The third-order valence-corrected chi connectivity index (χ3v) is 1.68. The summed E-state index contributed by atoms with van der Waals surface area (Å²) in [5.74, 6) is 0. The molecule has 60 valence electrons. The first-order chi connectivity index (χ1) is 4.85. The smallest absolute Gasteiger partial charge is 0.327 e. The molecule has 2 heteroatoms. The fourth-order valence-corrected chi connectivity index (χ4v) is 0.895. The van der Waals surface area contributed by atoms with Gasteiger partial charge >= 0.3 is 18.9 Å². The number of nitrogens with one attached hydrogen (secondary N) is 1. The molecule has 0 atom stereocenters. The van der Waals surface area contributed by atoms with E-state index in [-0.39, 0.29) is 18.9 Å². The van der Waals surface area contributed by atoms with Crippen LogP contribution >= 0.6 is 0 Å². The molecule has 0 aliphatic carbocycles. The van der Waals surface area contributed by atoms with Gasteiger partial charge in [-0.2, -0.15) is 0 Å². The Bertz CT molecular complexity index is 87.6. The zero-order valence-corrected chi connectivity index (χ0v) is 8.06. The molecule has 0 radical (unpaired) electrons. The standard InChI is InChI=1S/C9H18N.Li/c1-4-7-8-10-9(5-2)6-3;/h4,7,9-10H,1,5-6,8H2,2-3H3;/q-1;+1. The largest absolute Gasteiger partial charge is 1.00 e. The number of allylic oxidation sites excluding steroid dienone is 1. The van der Waals surface area contributed by atoms with Gasteiger partial charge in [0.2, 0.25) is 0 Å².